The van der Waals surface area contributed by atoms with E-state index in [1.807, 2.05) is 0 Å². The molecule has 0 atom stereocenters. The van der Waals surface area contributed by atoms with E-state index >= 15 is 0 Å². The van der Waals surface area contributed by atoms with Crippen molar-refractivity contribution in [3.63, 3.8) is 0 Å². The summed E-state index contributed by atoms with van der Waals surface area (Å²) in [5, 5.41) is 17.9. The van der Waals surface area contributed by atoms with Crippen molar-refractivity contribution < 1.29 is 19.8 Å². The second kappa shape index (κ2) is 8.86. The van der Waals surface area contributed by atoms with Gasteiger partial charge in [-0.3, -0.25) is 9.59 Å². The Balaban J connectivity index is 0. The van der Waals surface area contributed by atoms with E-state index in [9.17, 15) is 9.59 Å². The van der Waals surface area contributed by atoms with Crippen LogP contribution in [-0.4, -0.2) is 42.3 Å². The van der Waals surface area contributed by atoms with Gasteiger partial charge < -0.3 is 21.3 Å². The molecular formula is C5H12N2O4. The highest BCUT2D eigenvalue weighted by Crippen LogP contribution is 1.50. The van der Waals surface area contributed by atoms with Crippen LogP contribution in [0.5, 0.6) is 0 Å². The van der Waals surface area contributed by atoms with Gasteiger partial charge in [0.25, 0.3) is 0 Å². The molecule has 0 rings (SSSR count). The van der Waals surface area contributed by atoms with Gasteiger partial charge in [-0.15, -0.1) is 0 Å². The Bertz CT molecular complexity index is 126. The van der Waals surface area contributed by atoms with E-state index in [1.165, 1.54) is 0 Å². The number of carboxylic acids is 2. The zero-order valence-corrected chi connectivity index (χ0v) is 6.20. The average Bonchev–Trinajstić information content (AvgIpc) is 1.89. The molecule has 0 aliphatic heterocycles. The van der Waals surface area contributed by atoms with Crippen molar-refractivity contribution in [1.82, 2.24) is 5.32 Å². The third-order valence-corrected chi connectivity index (χ3v) is 0.503. The largest absolute Gasteiger partial charge is 0.480 e. The molecule has 0 bridgehead atoms. The topological polar surface area (TPSA) is 113 Å². The number of rotatable bonds is 3. The van der Waals surface area contributed by atoms with Crippen molar-refractivity contribution in [2.45, 2.75) is 0 Å². The Morgan fingerprint density at radius 3 is 1.73 bits per heavy atom. The number of hydrogen-bond acceptors (Lipinski definition) is 4. The Labute approximate surface area is 64.0 Å². The van der Waals surface area contributed by atoms with Gasteiger partial charge in [0.2, 0.25) is 0 Å². The number of likely N-dealkylation sites (N-methyl/N-ethyl adjacent to an activating group) is 1. The highest BCUT2D eigenvalue weighted by atomic mass is 16.4. The quantitative estimate of drug-likeness (QED) is 0.396. The van der Waals surface area contributed by atoms with Crippen molar-refractivity contribution in [3.05, 3.63) is 0 Å². The fourth-order valence-electron chi connectivity index (χ4n) is 0.151. The predicted octanol–water partition coefficient (Wildman–Crippen LogP) is -1.68. The van der Waals surface area contributed by atoms with Crippen molar-refractivity contribution >= 4 is 11.9 Å². The molecule has 11 heavy (non-hydrogen) atoms. The molecular weight excluding hydrogens is 152 g/mol. The second-order valence-electron chi connectivity index (χ2n) is 1.52. The van der Waals surface area contributed by atoms with E-state index in [-0.39, 0.29) is 13.1 Å². The number of carboxylic acid groups (broad SMARTS) is 2. The van der Waals surface area contributed by atoms with Crippen LogP contribution in [0.25, 0.3) is 0 Å². The van der Waals surface area contributed by atoms with E-state index in [4.69, 9.17) is 10.2 Å². The summed E-state index contributed by atoms with van der Waals surface area (Å²) >= 11 is 0. The van der Waals surface area contributed by atoms with Gasteiger partial charge in [0.1, 0.15) is 0 Å². The molecule has 0 aromatic rings. The van der Waals surface area contributed by atoms with Crippen LogP contribution < -0.4 is 11.1 Å². The molecule has 6 nitrogen and oxygen atoms in total. The lowest BCUT2D eigenvalue weighted by atomic mass is 10.7. The smallest absolute Gasteiger partial charge is 0.317 e. The standard InChI is InChI=1S/C3H7NO2.C2H5NO2/c1-4-2-3(5)6;3-1-2(4)5/h4H,2H2,1H3,(H,5,6);1,3H2,(H,4,5). The first kappa shape index (κ1) is 12.5. The van der Waals surface area contributed by atoms with Crippen LogP contribution in [-0.2, 0) is 9.59 Å². The Morgan fingerprint density at radius 2 is 1.73 bits per heavy atom. The first-order valence-electron chi connectivity index (χ1n) is 2.82. The molecule has 6 heteroatoms. The summed E-state index contributed by atoms with van der Waals surface area (Å²) in [4.78, 5) is 18.8. The summed E-state index contributed by atoms with van der Waals surface area (Å²) in [5.41, 5.74) is 4.57. The van der Waals surface area contributed by atoms with Crippen LogP contribution in [0, 0.1) is 0 Å². The first-order valence-corrected chi connectivity index (χ1v) is 2.82. The maximum absolute atomic E-state index is 9.54. The fourth-order valence-corrected chi connectivity index (χ4v) is 0.151. The molecule has 0 fully saturated rings. The van der Waals surface area contributed by atoms with Crippen molar-refractivity contribution in [1.29, 1.82) is 0 Å². The molecule has 0 aliphatic carbocycles. The minimum Gasteiger partial charge on any atom is -0.480 e. The summed E-state index contributed by atoms with van der Waals surface area (Å²) in [6.45, 7) is -0.236. The Hall–Kier alpha value is -1.14. The lowest BCUT2D eigenvalue weighted by Gasteiger charge is -1.84. The summed E-state index contributed by atoms with van der Waals surface area (Å²) in [7, 11) is 1.59. The summed E-state index contributed by atoms with van der Waals surface area (Å²) in [6, 6.07) is 0. The van der Waals surface area contributed by atoms with Crippen LogP contribution in [0.1, 0.15) is 0 Å². The molecule has 66 valence electrons. The molecule has 0 aromatic heterocycles. The zero-order chi connectivity index (χ0) is 9.28. The third-order valence-electron chi connectivity index (χ3n) is 0.503. The summed E-state index contributed by atoms with van der Waals surface area (Å²) in [6.07, 6.45) is 0. The van der Waals surface area contributed by atoms with Gasteiger partial charge in [-0.2, -0.15) is 0 Å². The maximum atomic E-state index is 9.54. The molecule has 0 amide bonds. The molecule has 0 aromatic carbocycles. The third kappa shape index (κ3) is 28.0. The van der Waals surface area contributed by atoms with Gasteiger partial charge in [0, 0.05) is 0 Å². The zero-order valence-electron chi connectivity index (χ0n) is 6.20. The van der Waals surface area contributed by atoms with Gasteiger partial charge in [0.15, 0.2) is 0 Å². The molecule has 0 heterocycles. The number of carbonyl (C=O) groups is 2. The monoisotopic (exact) mass is 164 g/mol. The Kier molecular flexibility index (Phi) is 10.1. The van der Waals surface area contributed by atoms with Crippen molar-refractivity contribution in [3.8, 4) is 0 Å². The van der Waals surface area contributed by atoms with E-state index in [0.717, 1.165) is 0 Å². The van der Waals surface area contributed by atoms with Gasteiger partial charge in [-0.1, -0.05) is 0 Å². The van der Waals surface area contributed by atoms with Crippen LogP contribution >= 0.6 is 0 Å². The molecule has 0 radical (unpaired) electrons. The summed E-state index contributed by atoms with van der Waals surface area (Å²) in [5.74, 6) is -1.79. The van der Waals surface area contributed by atoms with Gasteiger partial charge in [-0.25, -0.2) is 0 Å². The second-order valence-corrected chi connectivity index (χ2v) is 1.52. The minimum atomic E-state index is -0.968. The lowest BCUT2D eigenvalue weighted by Crippen LogP contribution is -2.16. The molecule has 0 aliphatic rings. The van der Waals surface area contributed by atoms with E-state index in [0.29, 0.717) is 0 Å². The van der Waals surface area contributed by atoms with Crippen LogP contribution in [0.15, 0.2) is 0 Å². The molecule has 0 spiro atoms. The Morgan fingerprint density at radius 1 is 1.36 bits per heavy atom. The van der Waals surface area contributed by atoms with Gasteiger partial charge in [0.05, 0.1) is 13.1 Å². The SMILES string of the molecule is CNCC(=O)O.NCC(=O)O. The van der Waals surface area contributed by atoms with Crippen LogP contribution in [0.4, 0.5) is 0 Å². The number of hydrogen-bond donors (Lipinski definition) is 4. The van der Waals surface area contributed by atoms with Crippen molar-refractivity contribution in [2.24, 2.45) is 5.73 Å². The number of nitrogens with two attached hydrogens (primary N) is 1. The first-order chi connectivity index (χ1) is 5.04. The highest BCUT2D eigenvalue weighted by Gasteiger charge is 1.86. The number of aliphatic carboxylic acids is 2. The molecule has 0 saturated heterocycles. The summed E-state index contributed by atoms with van der Waals surface area (Å²) < 4.78 is 0. The lowest BCUT2D eigenvalue weighted by molar-refractivity contribution is -0.136. The normalized spacial score (nSPS) is 7.82. The van der Waals surface area contributed by atoms with E-state index in [1.54, 1.807) is 7.05 Å². The highest BCUT2D eigenvalue weighted by molar-refractivity contribution is 5.69. The van der Waals surface area contributed by atoms with Gasteiger partial charge in [-0.05, 0) is 7.05 Å². The predicted molar refractivity (Wildman–Crippen MR) is 38.3 cm³/mol. The van der Waals surface area contributed by atoms with E-state index < -0.39 is 11.9 Å². The molecule has 0 saturated carbocycles. The van der Waals surface area contributed by atoms with E-state index in [2.05, 4.69) is 11.1 Å². The number of nitrogens with one attached hydrogen (secondary N) is 1. The van der Waals surface area contributed by atoms with Crippen LogP contribution in [0.2, 0.25) is 0 Å². The fraction of sp³-hybridized carbons (Fsp3) is 0.600. The van der Waals surface area contributed by atoms with Gasteiger partial charge >= 0.3 is 11.9 Å². The van der Waals surface area contributed by atoms with Crippen LogP contribution in [0.3, 0.4) is 0 Å². The maximum Gasteiger partial charge on any atom is 0.317 e. The average molecular weight is 164 g/mol. The molecule has 0 unspecified atom stereocenters. The minimum absolute atomic E-state index is 0.0417. The van der Waals surface area contributed by atoms with Crippen molar-refractivity contribution in [2.75, 3.05) is 20.1 Å². The molecule has 5 N–H and O–H groups in total.